The van der Waals surface area contributed by atoms with Gasteiger partial charge in [-0.1, -0.05) is 0 Å². The molecule has 1 amide bonds. The topological polar surface area (TPSA) is 54.0 Å². The van der Waals surface area contributed by atoms with Crippen LogP contribution in [0.4, 0.5) is 20.3 Å². The van der Waals surface area contributed by atoms with Crippen LogP contribution >= 0.6 is 15.9 Å². The lowest BCUT2D eigenvalue weighted by Gasteiger charge is -2.09. The number of nitrogens with one attached hydrogen (secondary N) is 2. The largest absolute Gasteiger partial charge is 0.373 e. The van der Waals surface area contributed by atoms with Gasteiger partial charge in [-0.3, -0.25) is 4.79 Å². The van der Waals surface area contributed by atoms with Gasteiger partial charge in [0.1, 0.15) is 17.5 Å². The minimum atomic E-state index is -0.726. The lowest BCUT2D eigenvalue weighted by atomic mass is 10.2. The summed E-state index contributed by atoms with van der Waals surface area (Å²) in [5.41, 5.74) is 0.713. The summed E-state index contributed by atoms with van der Waals surface area (Å²) < 4.78 is 27.1. The average molecular weight is 356 g/mol. The number of rotatable bonds is 3. The molecule has 0 bridgehead atoms. The van der Waals surface area contributed by atoms with Gasteiger partial charge in [0.05, 0.1) is 10.2 Å². The number of pyridine rings is 1. The van der Waals surface area contributed by atoms with Crippen LogP contribution in [0.15, 0.2) is 28.7 Å². The molecular weight excluding hydrogens is 344 g/mol. The fraction of sp³-hybridized carbons (Fsp3) is 0.143. The Balaban J connectivity index is 2.30. The van der Waals surface area contributed by atoms with Crippen LogP contribution < -0.4 is 10.6 Å². The Labute approximate surface area is 128 Å². The van der Waals surface area contributed by atoms with Crippen LogP contribution in [0, 0.1) is 18.6 Å². The van der Waals surface area contributed by atoms with Gasteiger partial charge in [-0.2, -0.15) is 0 Å². The van der Waals surface area contributed by atoms with Crippen LogP contribution in [0.3, 0.4) is 0 Å². The fourth-order valence-corrected chi connectivity index (χ4v) is 2.06. The van der Waals surface area contributed by atoms with Gasteiger partial charge < -0.3 is 10.6 Å². The van der Waals surface area contributed by atoms with E-state index in [0.29, 0.717) is 17.1 Å². The van der Waals surface area contributed by atoms with Crippen molar-refractivity contribution in [3.05, 3.63) is 51.6 Å². The van der Waals surface area contributed by atoms with Crippen molar-refractivity contribution in [2.24, 2.45) is 0 Å². The number of hydrogen-bond acceptors (Lipinski definition) is 3. The maximum absolute atomic E-state index is 13.7. The molecule has 1 heterocycles. The lowest BCUT2D eigenvalue weighted by molar-refractivity contribution is 0.102. The molecule has 0 unspecified atom stereocenters. The summed E-state index contributed by atoms with van der Waals surface area (Å²) in [6.07, 6.45) is 0. The first-order valence-electron chi connectivity index (χ1n) is 6.03. The lowest BCUT2D eigenvalue weighted by Crippen LogP contribution is -2.14. The highest BCUT2D eigenvalue weighted by Gasteiger charge is 2.13. The summed E-state index contributed by atoms with van der Waals surface area (Å²) in [5, 5.41) is 5.17. The number of aryl methyl sites for hydroxylation is 1. The average Bonchev–Trinajstić information content (AvgIpc) is 2.43. The van der Waals surface area contributed by atoms with Crippen molar-refractivity contribution in [2.75, 3.05) is 17.7 Å². The number of carbonyl (C=O) groups is 1. The minimum absolute atomic E-state index is 0.00442. The zero-order chi connectivity index (χ0) is 15.6. The highest BCUT2D eigenvalue weighted by atomic mass is 79.9. The first kappa shape index (κ1) is 15.4. The SMILES string of the molecule is CNc1cc(C(=O)Nc2cc(F)c(Br)cc2F)cc(C)n1. The quantitative estimate of drug-likeness (QED) is 0.825. The molecule has 0 saturated carbocycles. The van der Waals surface area contributed by atoms with Gasteiger partial charge >= 0.3 is 0 Å². The molecule has 0 aliphatic heterocycles. The Hall–Kier alpha value is -2.02. The number of amides is 1. The Morgan fingerprint density at radius 3 is 2.57 bits per heavy atom. The van der Waals surface area contributed by atoms with E-state index in [9.17, 15) is 13.6 Å². The maximum Gasteiger partial charge on any atom is 0.255 e. The van der Waals surface area contributed by atoms with Crippen LogP contribution in [-0.2, 0) is 0 Å². The third-order valence-electron chi connectivity index (χ3n) is 2.73. The number of halogens is 3. The molecule has 7 heteroatoms. The van der Waals surface area contributed by atoms with Gasteiger partial charge in [-0.25, -0.2) is 13.8 Å². The Kier molecular flexibility index (Phi) is 4.52. The second-order valence-corrected chi connectivity index (χ2v) is 5.19. The molecule has 1 aromatic carbocycles. The van der Waals surface area contributed by atoms with E-state index in [4.69, 9.17) is 0 Å². The highest BCUT2D eigenvalue weighted by Crippen LogP contribution is 2.24. The summed E-state index contributed by atoms with van der Waals surface area (Å²) in [6, 6.07) is 4.96. The van der Waals surface area contributed by atoms with E-state index in [1.165, 1.54) is 6.07 Å². The number of aromatic nitrogens is 1. The predicted molar refractivity (Wildman–Crippen MR) is 80.5 cm³/mol. The molecule has 0 fully saturated rings. The van der Waals surface area contributed by atoms with Crippen molar-refractivity contribution in [1.82, 2.24) is 4.98 Å². The van der Waals surface area contributed by atoms with Crippen molar-refractivity contribution < 1.29 is 13.6 Å². The van der Waals surface area contributed by atoms with Crippen molar-refractivity contribution in [3.63, 3.8) is 0 Å². The van der Waals surface area contributed by atoms with Crippen LogP contribution in [0.5, 0.6) is 0 Å². The van der Waals surface area contributed by atoms with Gasteiger partial charge in [-0.15, -0.1) is 0 Å². The molecule has 21 heavy (non-hydrogen) atoms. The molecule has 2 N–H and O–H groups in total. The monoisotopic (exact) mass is 355 g/mol. The summed E-state index contributed by atoms with van der Waals surface area (Å²) >= 11 is 2.88. The van der Waals surface area contributed by atoms with Crippen LogP contribution in [0.2, 0.25) is 0 Å². The van der Waals surface area contributed by atoms with Crippen molar-refractivity contribution >= 4 is 33.3 Å². The van der Waals surface area contributed by atoms with E-state index in [-0.39, 0.29) is 10.2 Å². The second-order valence-electron chi connectivity index (χ2n) is 4.33. The zero-order valence-corrected chi connectivity index (χ0v) is 12.9. The normalized spacial score (nSPS) is 10.3. The number of anilines is 2. The van der Waals surface area contributed by atoms with Gasteiger partial charge in [-0.05, 0) is 41.1 Å². The van der Waals surface area contributed by atoms with Crippen molar-refractivity contribution in [3.8, 4) is 0 Å². The molecule has 4 nitrogen and oxygen atoms in total. The van der Waals surface area contributed by atoms with E-state index >= 15 is 0 Å². The van der Waals surface area contributed by atoms with Gasteiger partial charge in [0.15, 0.2) is 0 Å². The summed E-state index contributed by atoms with van der Waals surface area (Å²) in [4.78, 5) is 16.3. The summed E-state index contributed by atoms with van der Waals surface area (Å²) in [5.74, 6) is -1.41. The first-order chi connectivity index (χ1) is 9.90. The molecule has 2 aromatic rings. The van der Waals surface area contributed by atoms with Gasteiger partial charge in [0, 0.05) is 24.4 Å². The van der Waals surface area contributed by atoms with Crippen LogP contribution in [0.1, 0.15) is 16.1 Å². The third-order valence-corrected chi connectivity index (χ3v) is 3.34. The number of benzene rings is 1. The standard InChI is InChI=1S/C14H12BrF2N3O/c1-7-3-8(4-13(18-2)19-7)14(21)20-12-6-10(16)9(15)5-11(12)17/h3-6H,1-2H3,(H,18,19)(H,20,21). The van der Waals surface area contributed by atoms with Crippen LogP contribution in [0.25, 0.3) is 0 Å². The van der Waals surface area contributed by atoms with E-state index in [1.54, 1.807) is 20.0 Å². The van der Waals surface area contributed by atoms with Gasteiger partial charge in [0.2, 0.25) is 0 Å². The smallest absolute Gasteiger partial charge is 0.255 e. The number of carbonyl (C=O) groups excluding carboxylic acids is 1. The molecule has 2 rings (SSSR count). The first-order valence-corrected chi connectivity index (χ1v) is 6.82. The van der Waals surface area contributed by atoms with E-state index < -0.39 is 17.5 Å². The Morgan fingerprint density at radius 2 is 1.90 bits per heavy atom. The Morgan fingerprint density at radius 1 is 1.19 bits per heavy atom. The third kappa shape index (κ3) is 3.55. The number of nitrogens with zero attached hydrogens (tertiary/aromatic N) is 1. The Bertz CT molecular complexity index is 707. The molecule has 0 aliphatic rings. The van der Waals surface area contributed by atoms with E-state index in [2.05, 4.69) is 31.5 Å². The second kappa shape index (κ2) is 6.17. The minimum Gasteiger partial charge on any atom is -0.373 e. The molecule has 0 saturated heterocycles. The van der Waals surface area contributed by atoms with E-state index in [1.807, 2.05) is 0 Å². The van der Waals surface area contributed by atoms with E-state index in [0.717, 1.165) is 12.1 Å². The molecular formula is C14H12BrF2N3O. The van der Waals surface area contributed by atoms with Crippen molar-refractivity contribution in [2.45, 2.75) is 6.92 Å². The molecule has 110 valence electrons. The molecule has 0 atom stereocenters. The molecule has 0 spiro atoms. The number of hydrogen-bond donors (Lipinski definition) is 2. The molecule has 1 aromatic heterocycles. The molecule has 0 aliphatic carbocycles. The summed E-state index contributed by atoms with van der Waals surface area (Å²) in [7, 11) is 1.67. The fourth-order valence-electron chi connectivity index (χ4n) is 1.74. The van der Waals surface area contributed by atoms with Crippen molar-refractivity contribution in [1.29, 1.82) is 0 Å². The zero-order valence-electron chi connectivity index (χ0n) is 11.3. The molecule has 0 radical (unpaired) electrons. The summed E-state index contributed by atoms with van der Waals surface area (Å²) in [6.45, 7) is 1.73. The predicted octanol–water partition coefficient (Wildman–Crippen LogP) is 3.72. The maximum atomic E-state index is 13.7. The van der Waals surface area contributed by atoms with Gasteiger partial charge in [0.25, 0.3) is 5.91 Å². The highest BCUT2D eigenvalue weighted by molar-refractivity contribution is 9.10. The van der Waals surface area contributed by atoms with Crippen LogP contribution in [-0.4, -0.2) is 17.9 Å².